The molecule has 0 unspecified atom stereocenters. The Morgan fingerprint density at radius 3 is 3.04 bits per heavy atom. The SMILES string of the molecule is Cc1cc(C)c2nc(NC(=O)CSc3nnc4ccccn34)sc2c1. The predicted molar refractivity (Wildman–Crippen MR) is 101 cm³/mol. The van der Waals surface area contributed by atoms with Gasteiger partial charge in [0.1, 0.15) is 0 Å². The number of aryl methyl sites for hydroxylation is 2. The molecule has 1 aromatic carbocycles. The average molecular weight is 369 g/mol. The van der Waals surface area contributed by atoms with Crippen LogP contribution in [0.3, 0.4) is 0 Å². The summed E-state index contributed by atoms with van der Waals surface area (Å²) in [6.07, 6.45) is 1.88. The number of nitrogens with one attached hydrogen (secondary N) is 1. The minimum absolute atomic E-state index is 0.105. The van der Waals surface area contributed by atoms with Crippen LogP contribution in [0.5, 0.6) is 0 Å². The van der Waals surface area contributed by atoms with Gasteiger partial charge in [0.15, 0.2) is 15.9 Å². The van der Waals surface area contributed by atoms with Gasteiger partial charge in [-0.15, -0.1) is 10.2 Å². The number of hydrogen-bond acceptors (Lipinski definition) is 6. The molecule has 0 atom stereocenters. The number of hydrogen-bond donors (Lipinski definition) is 1. The third kappa shape index (κ3) is 3.22. The molecule has 0 aliphatic carbocycles. The zero-order chi connectivity index (χ0) is 17.4. The number of pyridine rings is 1. The highest BCUT2D eigenvalue weighted by Crippen LogP contribution is 2.29. The van der Waals surface area contributed by atoms with Crippen molar-refractivity contribution in [2.45, 2.75) is 19.0 Å². The lowest BCUT2D eigenvalue weighted by Crippen LogP contribution is -2.14. The van der Waals surface area contributed by atoms with Gasteiger partial charge in [-0.2, -0.15) is 0 Å². The van der Waals surface area contributed by atoms with Crippen molar-refractivity contribution in [1.82, 2.24) is 19.6 Å². The molecule has 4 rings (SSSR count). The summed E-state index contributed by atoms with van der Waals surface area (Å²) in [5.74, 6) is 0.148. The van der Waals surface area contributed by atoms with E-state index >= 15 is 0 Å². The Balaban J connectivity index is 1.46. The molecule has 1 N–H and O–H groups in total. The minimum Gasteiger partial charge on any atom is -0.301 e. The van der Waals surface area contributed by atoms with Gasteiger partial charge >= 0.3 is 0 Å². The lowest BCUT2D eigenvalue weighted by atomic mass is 10.1. The average Bonchev–Trinajstić information content (AvgIpc) is 3.16. The van der Waals surface area contributed by atoms with E-state index in [2.05, 4.69) is 39.6 Å². The number of aromatic nitrogens is 4. The second-order valence-electron chi connectivity index (χ2n) is 5.70. The number of thioether (sulfide) groups is 1. The first-order valence-electron chi connectivity index (χ1n) is 7.70. The molecular formula is C17H15N5OS2. The van der Waals surface area contributed by atoms with Crippen molar-refractivity contribution in [1.29, 1.82) is 0 Å². The van der Waals surface area contributed by atoms with E-state index in [0.717, 1.165) is 21.4 Å². The van der Waals surface area contributed by atoms with Crippen LogP contribution in [0.15, 0.2) is 41.7 Å². The van der Waals surface area contributed by atoms with E-state index < -0.39 is 0 Å². The maximum atomic E-state index is 12.2. The summed E-state index contributed by atoms with van der Waals surface area (Å²) in [6.45, 7) is 4.09. The van der Waals surface area contributed by atoms with Crippen molar-refractivity contribution in [2.75, 3.05) is 11.1 Å². The highest BCUT2D eigenvalue weighted by atomic mass is 32.2. The number of benzene rings is 1. The van der Waals surface area contributed by atoms with E-state index in [4.69, 9.17) is 0 Å². The molecule has 0 saturated carbocycles. The molecule has 6 nitrogen and oxygen atoms in total. The first-order valence-corrected chi connectivity index (χ1v) is 9.50. The van der Waals surface area contributed by atoms with Crippen molar-refractivity contribution >= 4 is 50.0 Å². The fraction of sp³-hybridized carbons (Fsp3) is 0.176. The number of thiazole rings is 1. The largest absolute Gasteiger partial charge is 0.301 e. The summed E-state index contributed by atoms with van der Waals surface area (Å²) in [5, 5.41) is 12.4. The zero-order valence-electron chi connectivity index (χ0n) is 13.7. The van der Waals surface area contributed by atoms with E-state index in [0.29, 0.717) is 10.3 Å². The minimum atomic E-state index is -0.105. The van der Waals surface area contributed by atoms with Crippen LogP contribution in [0.25, 0.3) is 15.9 Å². The molecule has 0 aliphatic rings. The lowest BCUT2D eigenvalue weighted by Gasteiger charge is -2.00. The maximum Gasteiger partial charge on any atom is 0.236 e. The molecule has 3 aromatic heterocycles. The Labute approximate surface area is 152 Å². The number of rotatable bonds is 4. The molecule has 25 heavy (non-hydrogen) atoms. The van der Waals surface area contributed by atoms with Gasteiger partial charge in [-0.1, -0.05) is 35.2 Å². The van der Waals surface area contributed by atoms with Gasteiger partial charge in [0.25, 0.3) is 0 Å². The van der Waals surface area contributed by atoms with Crippen LogP contribution in [-0.4, -0.2) is 31.2 Å². The van der Waals surface area contributed by atoms with Crippen LogP contribution in [0, 0.1) is 13.8 Å². The summed E-state index contributed by atoms with van der Waals surface area (Å²) in [5.41, 5.74) is 4.03. The Morgan fingerprint density at radius 1 is 1.28 bits per heavy atom. The second kappa shape index (κ2) is 6.45. The van der Waals surface area contributed by atoms with Gasteiger partial charge in [-0.05, 0) is 43.2 Å². The molecule has 0 fully saturated rings. The van der Waals surface area contributed by atoms with Gasteiger partial charge < -0.3 is 5.32 Å². The molecule has 0 bridgehead atoms. The maximum absolute atomic E-state index is 12.2. The molecule has 126 valence electrons. The number of amides is 1. The number of fused-ring (bicyclic) bond motifs is 2. The Kier molecular flexibility index (Phi) is 4.14. The van der Waals surface area contributed by atoms with Crippen LogP contribution in [0.1, 0.15) is 11.1 Å². The van der Waals surface area contributed by atoms with Crippen LogP contribution >= 0.6 is 23.1 Å². The van der Waals surface area contributed by atoms with Crippen LogP contribution < -0.4 is 5.32 Å². The van der Waals surface area contributed by atoms with Crippen molar-refractivity contribution < 1.29 is 4.79 Å². The topological polar surface area (TPSA) is 72.2 Å². The smallest absolute Gasteiger partial charge is 0.236 e. The molecule has 3 heterocycles. The van der Waals surface area contributed by atoms with Crippen LogP contribution in [-0.2, 0) is 4.79 Å². The van der Waals surface area contributed by atoms with Crippen molar-refractivity contribution in [2.24, 2.45) is 0 Å². The van der Waals surface area contributed by atoms with Gasteiger partial charge in [-0.3, -0.25) is 9.20 Å². The molecule has 0 saturated heterocycles. The molecule has 8 heteroatoms. The highest BCUT2D eigenvalue weighted by molar-refractivity contribution is 7.99. The van der Waals surface area contributed by atoms with Crippen LogP contribution in [0.4, 0.5) is 5.13 Å². The number of carbonyl (C=O) groups is 1. The zero-order valence-corrected chi connectivity index (χ0v) is 15.3. The fourth-order valence-electron chi connectivity index (χ4n) is 2.63. The molecule has 0 radical (unpaired) electrons. The molecular weight excluding hydrogens is 354 g/mol. The fourth-order valence-corrected chi connectivity index (χ4v) is 4.41. The monoisotopic (exact) mass is 369 g/mol. The van der Waals surface area contributed by atoms with Gasteiger partial charge in [0.2, 0.25) is 5.91 Å². The predicted octanol–water partition coefficient (Wildman–Crippen LogP) is 3.69. The summed E-state index contributed by atoms with van der Waals surface area (Å²) < 4.78 is 2.95. The van der Waals surface area contributed by atoms with Crippen molar-refractivity contribution in [3.8, 4) is 0 Å². The summed E-state index contributed by atoms with van der Waals surface area (Å²) in [7, 11) is 0. The molecule has 0 spiro atoms. The number of carbonyl (C=O) groups excluding carboxylic acids is 1. The van der Waals surface area contributed by atoms with E-state index in [1.165, 1.54) is 28.7 Å². The van der Waals surface area contributed by atoms with E-state index in [1.54, 1.807) is 0 Å². The Morgan fingerprint density at radius 2 is 2.16 bits per heavy atom. The van der Waals surface area contributed by atoms with Gasteiger partial charge in [0.05, 0.1) is 16.0 Å². The van der Waals surface area contributed by atoms with Crippen LogP contribution in [0.2, 0.25) is 0 Å². The first kappa shape index (κ1) is 16.0. The van der Waals surface area contributed by atoms with E-state index in [-0.39, 0.29) is 11.7 Å². The van der Waals surface area contributed by atoms with E-state index in [9.17, 15) is 4.79 Å². The third-order valence-corrected chi connectivity index (χ3v) is 5.55. The quantitative estimate of drug-likeness (QED) is 0.556. The highest BCUT2D eigenvalue weighted by Gasteiger charge is 2.12. The summed E-state index contributed by atoms with van der Waals surface area (Å²) >= 11 is 2.84. The van der Waals surface area contributed by atoms with Gasteiger partial charge in [0, 0.05) is 6.20 Å². The number of nitrogens with zero attached hydrogens (tertiary/aromatic N) is 4. The Bertz CT molecular complexity index is 1090. The number of anilines is 1. The molecule has 1 amide bonds. The van der Waals surface area contributed by atoms with Gasteiger partial charge in [-0.25, -0.2) is 4.98 Å². The van der Waals surface area contributed by atoms with Crippen molar-refractivity contribution in [3.05, 3.63) is 47.7 Å². The summed E-state index contributed by atoms with van der Waals surface area (Å²) in [6, 6.07) is 9.88. The second-order valence-corrected chi connectivity index (χ2v) is 7.67. The lowest BCUT2D eigenvalue weighted by molar-refractivity contribution is -0.113. The first-order chi connectivity index (χ1) is 12.1. The summed E-state index contributed by atoms with van der Waals surface area (Å²) in [4.78, 5) is 16.8. The normalized spacial score (nSPS) is 11.3. The standard InChI is InChI=1S/C17H15N5OS2/c1-10-7-11(2)15-12(8-10)25-16(19-15)18-14(23)9-24-17-21-20-13-5-3-4-6-22(13)17/h3-8H,9H2,1-2H3,(H,18,19,23). The van der Waals surface area contributed by atoms with E-state index in [1.807, 2.05) is 35.7 Å². The van der Waals surface area contributed by atoms with Crippen molar-refractivity contribution in [3.63, 3.8) is 0 Å². The Hall–Kier alpha value is -2.45. The third-order valence-electron chi connectivity index (χ3n) is 3.69. The molecule has 4 aromatic rings. The molecule has 0 aliphatic heterocycles.